The highest BCUT2D eigenvalue weighted by molar-refractivity contribution is 6.55. The van der Waals surface area contributed by atoms with E-state index in [0.29, 0.717) is 11.2 Å². The average Bonchev–Trinajstić information content (AvgIpc) is 2.57. The molecule has 0 atom stereocenters. The van der Waals surface area contributed by atoms with Gasteiger partial charge in [-0.3, -0.25) is 4.98 Å². The van der Waals surface area contributed by atoms with Gasteiger partial charge in [0.2, 0.25) is 0 Å². The molecule has 0 saturated carbocycles. The number of aryl methyl sites for hydroxylation is 1. The van der Waals surface area contributed by atoms with Crippen molar-refractivity contribution in [3.05, 3.63) is 29.0 Å². The summed E-state index contributed by atoms with van der Waals surface area (Å²) in [7, 11) is -0.571. The molecule has 0 spiro atoms. The number of aliphatic hydroxyl groups excluding tert-OH is 1. The van der Waals surface area contributed by atoms with Crippen molar-refractivity contribution < 1.29 is 14.4 Å². The number of hydrogen-bond donors (Lipinski definition) is 2. The predicted octanol–water partition coefficient (Wildman–Crippen LogP) is 1.98. The number of nitrogens with two attached hydrogens (primary N) is 1. The molecule has 1 aliphatic heterocycles. The number of rotatable bonds is 3. The minimum atomic E-state index is -0.571. The van der Waals surface area contributed by atoms with Gasteiger partial charge in [-0.2, -0.15) is 0 Å². The minimum Gasteiger partial charge on any atom is -0.400 e. The van der Waals surface area contributed by atoms with Crippen LogP contribution in [0, 0.1) is 6.92 Å². The molecular weight excluding hydrogens is 267 g/mol. The molecule has 1 saturated heterocycles. The second-order valence-corrected chi connectivity index (χ2v) is 6.44. The SMILES string of the molecule is Cc1cc(N)cnc1C=C(CO)B1OC(C)(C)C(C)(C)O1. The maximum Gasteiger partial charge on any atom is 0.492 e. The van der Waals surface area contributed by atoms with Crippen molar-refractivity contribution in [2.24, 2.45) is 0 Å². The zero-order valence-corrected chi connectivity index (χ0v) is 13.3. The zero-order chi connectivity index (χ0) is 15.8. The van der Waals surface area contributed by atoms with E-state index < -0.39 is 18.3 Å². The monoisotopic (exact) mass is 290 g/mol. The number of aromatic nitrogens is 1. The number of aliphatic hydroxyl groups is 1. The second-order valence-electron chi connectivity index (χ2n) is 6.44. The molecule has 1 fully saturated rings. The lowest BCUT2D eigenvalue weighted by Gasteiger charge is -2.32. The van der Waals surface area contributed by atoms with Gasteiger partial charge in [0, 0.05) is 0 Å². The van der Waals surface area contributed by atoms with Gasteiger partial charge in [0.05, 0.1) is 35.4 Å². The standard InChI is InChI=1S/C15H23BN2O3/c1-10-6-12(17)8-18-13(10)7-11(9-19)16-20-14(2,3)15(4,5)21-16/h6-8,19H,9,17H2,1-5H3. The highest BCUT2D eigenvalue weighted by Gasteiger charge is 2.52. The highest BCUT2D eigenvalue weighted by atomic mass is 16.7. The van der Waals surface area contributed by atoms with E-state index in [9.17, 15) is 5.11 Å². The molecule has 1 aliphatic rings. The van der Waals surface area contributed by atoms with Gasteiger partial charge in [-0.25, -0.2) is 0 Å². The predicted molar refractivity (Wildman–Crippen MR) is 84.5 cm³/mol. The van der Waals surface area contributed by atoms with Crippen molar-refractivity contribution in [2.75, 3.05) is 12.3 Å². The lowest BCUT2D eigenvalue weighted by atomic mass is 9.78. The van der Waals surface area contributed by atoms with Crippen molar-refractivity contribution in [3.63, 3.8) is 0 Å². The first-order valence-corrected chi connectivity index (χ1v) is 7.05. The molecule has 0 radical (unpaired) electrons. The van der Waals surface area contributed by atoms with Crippen LogP contribution in [0.15, 0.2) is 17.7 Å². The fourth-order valence-corrected chi connectivity index (χ4v) is 2.12. The number of nitrogen functional groups attached to an aromatic ring is 1. The van der Waals surface area contributed by atoms with E-state index in [-0.39, 0.29) is 6.61 Å². The molecule has 6 heteroatoms. The Morgan fingerprint density at radius 3 is 2.38 bits per heavy atom. The summed E-state index contributed by atoms with van der Waals surface area (Å²) in [4.78, 5) is 4.29. The van der Waals surface area contributed by atoms with Gasteiger partial charge in [0.25, 0.3) is 0 Å². The van der Waals surface area contributed by atoms with Crippen LogP contribution in [0.1, 0.15) is 39.0 Å². The van der Waals surface area contributed by atoms with Gasteiger partial charge >= 0.3 is 7.12 Å². The van der Waals surface area contributed by atoms with Crippen LogP contribution >= 0.6 is 0 Å². The Bertz CT molecular complexity index is 554. The summed E-state index contributed by atoms with van der Waals surface area (Å²) in [5.41, 5.74) is 7.79. The van der Waals surface area contributed by atoms with Gasteiger partial charge in [0.15, 0.2) is 0 Å². The summed E-state index contributed by atoms with van der Waals surface area (Å²) >= 11 is 0. The van der Waals surface area contributed by atoms with Crippen LogP contribution in [0.5, 0.6) is 0 Å². The Hall–Kier alpha value is -1.37. The van der Waals surface area contributed by atoms with Crippen LogP contribution in [-0.2, 0) is 9.31 Å². The Balaban J connectivity index is 2.31. The third kappa shape index (κ3) is 3.12. The molecule has 0 bridgehead atoms. The summed E-state index contributed by atoms with van der Waals surface area (Å²) < 4.78 is 11.9. The van der Waals surface area contributed by atoms with E-state index in [1.807, 2.05) is 40.7 Å². The second kappa shape index (κ2) is 5.44. The summed E-state index contributed by atoms with van der Waals surface area (Å²) in [6.45, 7) is 9.70. The Morgan fingerprint density at radius 2 is 1.90 bits per heavy atom. The Labute approximate surface area is 126 Å². The molecular formula is C15H23BN2O3. The van der Waals surface area contributed by atoms with Gasteiger partial charge in [0.1, 0.15) is 0 Å². The maximum atomic E-state index is 9.65. The molecule has 1 aromatic rings. The third-order valence-electron chi connectivity index (χ3n) is 4.20. The number of hydrogen-bond acceptors (Lipinski definition) is 5. The van der Waals surface area contributed by atoms with Crippen LogP contribution in [-0.4, -0.2) is 35.0 Å². The first-order valence-electron chi connectivity index (χ1n) is 7.05. The van der Waals surface area contributed by atoms with E-state index in [4.69, 9.17) is 15.0 Å². The van der Waals surface area contributed by atoms with Crippen LogP contribution in [0.4, 0.5) is 5.69 Å². The fraction of sp³-hybridized carbons (Fsp3) is 0.533. The van der Waals surface area contributed by atoms with Crippen LogP contribution < -0.4 is 5.73 Å². The Morgan fingerprint density at radius 1 is 1.33 bits per heavy atom. The van der Waals surface area contributed by atoms with Crippen LogP contribution in [0.3, 0.4) is 0 Å². The smallest absolute Gasteiger partial charge is 0.400 e. The Kier molecular flexibility index (Phi) is 4.15. The van der Waals surface area contributed by atoms with Crippen molar-refractivity contribution in [3.8, 4) is 0 Å². The average molecular weight is 290 g/mol. The van der Waals surface area contributed by atoms with E-state index in [2.05, 4.69) is 4.98 Å². The minimum absolute atomic E-state index is 0.150. The normalized spacial score (nSPS) is 20.9. The fourth-order valence-electron chi connectivity index (χ4n) is 2.12. The first-order chi connectivity index (χ1) is 9.66. The summed E-state index contributed by atoms with van der Waals surface area (Å²) in [5.74, 6) is 0. The molecule has 21 heavy (non-hydrogen) atoms. The molecule has 5 nitrogen and oxygen atoms in total. The molecule has 114 valence electrons. The van der Waals surface area contributed by atoms with E-state index >= 15 is 0 Å². The highest BCUT2D eigenvalue weighted by Crippen LogP contribution is 2.38. The van der Waals surface area contributed by atoms with Gasteiger partial charge < -0.3 is 20.1 Å². The zero-order valence-electron chi connectivity index (χ0n) is 13.3. The molecule has 3 N–H and O–H groups in total. The largest absolute Gasteiger partial charge is 0.492 e. The number of anilines is 1. The molecule has 0 unspecified atom stereocenters. The van der Waals surface area contributed by atoms with Gasteiger partial charge in [-0.05, 0) is 57.8 Å². The van der Waals surface area contributed by atoms with Crippen molar-refractivity contribution in [2.45, 2.75) is 45.8 Å². The third-order valence-corrected chi connectivity index (χ3v) is 4.20. The molecule has 2 heterocycles. The quantitative estimate of drug-likeness (QED) is 0.832. The van der Waals surface area contributed by atoms with E-state index in [1.165, 1.54) is 0 Å². The summed E-state index contributed by atoms with van der Waals surface area (Å²) in [6.07, 6.45) is 3.40. The van der Waals surface area contributed by atoms with Gasteiger partial charge in [-0.15, -0.1) is 0 Å². The lowest BCUT2D eigenvalue weighted by Crippen LogP contribution is -2.41. The maximum absolute atomic E-state index is 9.65. The molecule has 0 amide bonds. The number of nitrogens with zero attached hydrogens (tertiary/aromatic N) is 1. The van der Waals surface area contributed by atoms with E-state index in [0.717, 1.165) is 11.3 Å². The molecule has 0 aromatic carbocycles. The number of pyridine rings is 1. The lowest BCUT2D eigenvalue weighted by molar-refractivity contribution is 0.00578. The topological polar surface area (TPSA) is 77.6 Å². The summed E-state index contributed by atoms with van der Waals surface area (Å²) in [6, 6.07) is 1.85. The first kappa shape index (κ1) is 16.0. The van der Waals surface area contributed by atoms with Gasteiger partial charge in [-0.1, -0.05) is 0 Å². The van der Waals surface area contributed by atoms with Crippen molar-refractivity contribution in [1.82, 2.24) is 4.98 Å². The molecule has 1 aromatic heterocycles. The van der Waals surface area contributed by atoms with Crippen LogP contribution in [0.25, 0.3) is 6.08 Å². The van der Waals surface area contributed by atoms with Crippen molar-refractivity contribution in [1.29, 1.82) is 0 Å². The van der Waals surface area contributed by atoms with Crippen LogP contribution in [0.2, 0.25) is 0 Å². The molecule has 2 rings (SSSR count). The van der Waals surface area contributed by atoms with E-state index in [1.54, 1.807) is 12.3 Å². The summed E-state index contributed by atoms with van der Waals surface area (Å²) in [5, 5.41) is 9.65. The molecule has 0 aliphatic carbocycles. The van der Waals surface area contributed by atoms with Crippen molar-refractivity contribution >= 4 is 18.9 Å².